The number of primary sulfonamides is 1. The molecule has 1 aromatic heterocycles. The number of rotatable bonds is 4. The minimum absolute atomic E-state index is 0.132. The lowest BCUT2D eigenvalue weighted by atomic mass is 9.79. The van der Waals surface area contributed by atoms with Gasteiger partial charge in [0.25, 0.3) is 0 Å². The van der Waals surface area contributed by atoms with Gasteiger partial charge in [-0.1, -0.05) is 11.6 Å². The van der Waals surface area contributed by atoms with Crippen LogP contribution in [0.3, 0.4) is 0 Å². The summed E-state index contributed by atoms with van der Waals surface area (Å²) >= 11 is 6.04. The Labute approximate surface area is 152 Å². The molecule has 7 nitrogen and oxygen atoms in total. The first kappa shape index (κ1) is 18.8. The van der Waals surface area contributed by atoms with Gasteiger partial charge in [-0.15, -0.1) is 0 Å². The lowest BCUT2D eigenvalue weighted by Crippen LogP contribution is -2.39. The number of ether oxygens (including phenoxy) is 3. The van der Waals surface area contributed by atoms with Crippen LogP contribution < -0.4 is 9.88 Å². The molecule has 1 aliphatic carbocycles. The molecule has 1 saturated heterocycles. The fourth-order valence-electron chi connectivity index (χ4n) is 3.37. The molecule has 2 heterocycles. The van der Waals surface area contributed by atoms with Crippen molar-refractivity contribution < 1.29 is 22.6 Å². The summed E-state index contributed by atoms with van der Waals surface area (Å²) < 4.78 is 40.1. The Bertz CT molecular complexity index is 745. The van der Waals surface area contributed by atoms with Crippen LogP contribution in [0.5, 0.6) is 5.88 Å². The van der Waals surface area contributed by atoms with E-state index in [1.165, 1.54) is 6.07 Å². The normalized spacial score (nSPS) is 29.0. The number of aromatic nitrogens is 1. The Morgan fingerprint density at radius 1 is 1.40 bits per heavy atom. The summed E-state index contributed by atoms with van der Waals surface area (Å²) in [7, 11) is -3.83. The van der Waals surface area contributed by atoms with Crippen molar-refractivity contribution in [2.24, 2.45) is 11.1 Å². The van der Waals surface area contributed by atoms with Crippen molar-refractivity contribution in [3.8, 4) is 5.88 Å². The van der Waals surface area contributed by atoms with Crippen LogP contribution in [0.2, 0.25) is 5.02 Å². The molecule has 1 saturated carbocycles. The molecular weight excluding hydrogens is 368 g/mol. The van der Waals surface area contributed by atoms with Crippen molar-refractivity contribution >= 4 is 21.6 Å². The molecule has 9 heteroatoms. The number of pyridine rings is 1. The average Bonchev–Trinajstić information content (AvgIpc) is 2.82. The zero-order chi connectivity index (χ0) is 18.3. The Morgan fingerprint density at radius 2 is 2.08 bits per heavy atom. The van der Waals surface area contributed by atoms with Crippen molar-refractivity contribution in [3.05, 3.63) is 17.3 Å². The summed E-state index contributed by atoms with van der Waals surface area (Å²) in [5.74, 6) is 0.0796. The molecule has 0 unspecified atom stereocenters. The van der Waals surface area contributed by atoms with Gasteiger partial charge in [-0.25, -0.2) is 18.5 Å². The first-order valence-electron chi connectivity index (χ1n) is 8.24. The molecule has 0 bridgehead atoms. The van der Waals surface area contributed by atoms with Gasteiger partial charge in [0.1, 0.15) is 9.92 Å². The van der Waals surface area contributed by atoms with Crippen molar-refractivity contribution in [3.63, 3.8) is 0 Å². The summed E-state index contributed by atoms with van der Waals surface area (Å²) in [6.45, 7) is 4.99. The highest BCUT2D eigenvalue weighted by atomic mass is 35.5. The Kier molecular flexibility index (Phi) is 5.02. The quantitative estimate of drug-likeness (QED) is 0.847. The minimum atomic E-state index is -3.83. The fraction of sp³-hybridized carbons (Fsp3) is 0.688. The second kappa shape index (κ2) is 6.66. The van der Waals surface area contributed by atoms with Crippen LogP contribution in [0.15, 0.2) is 17.2 Å². The Morgan fingerprint density at radius 3 is 2.60 bits per heavy atom. The lowest BCUT2D eigenvalue weighted by molar-refractivity contribution is -0.169. The topological polar surface area (TPSA) is 101 Å². The van der Waals surface area contributed by atoms with E-state index in [-0.39, 0.29) is 21.4 Å². The van der Waals surface area contributed by atoms with Gasteiger partial charge in [-0.2, -0.15) is 0 Å². The number of nitrogens with two attached hydrogens (primary N) is 1. The van der Waals surface area contributed by atoms with E-state index in [0.717, 1.165) is 31.9 Å². The third kappa shape index (κ3) is 4.43. The van der Waals surface area contributed by atoms with E-state index in [1.807, 2.05) is 13.8 Å². The molecule has 0 aromatic carbocycles. The summed E-state index contributed by atoms with van der Waals surface area (Å²) in [6, 6.07) is 1.25. The number of halogens is 1. The maximum absolute atomic E-state index is 11.3. The number of hydrogen-bond donors (Lipinski definition) is 1. The van der Waals surface area contributed by atoms with Gasteiger partial charge in [0.15, 0.2) is 5.79 Å². The summed E-state index contributed by atoms with van der Waals surface area (Å²) in [6.07, 6.45) is 4.93. The molecule has 25 heavy (non-hydrogen) atoms. The molecule has 1 aromatic rings. The number of hydrogen-bond acceptors (Lipinski definition) is 6. The molecule has 0 atom stereocenters. The van der Waals surface area contributed by atoms with Gasteiger partial charge >= 0.3 is 0 Å². The second-order valence-corrected chi connectivity index (χ2v) is 9.20. The van der Waals surface area contributed by atoms with Crippen LogP contribution in [0, 0.1) is 5.92 Å². The van der Waals surface area contributed by atoms with E-state index in [4.69, 9.17) is 31.0 Å². The van der Waals surface area contributed by atoms with Crippen LogP contribution in [0.25, 0.3) is 0 Å². The molecule has 0 radical (unpaired) electrons. The van der Waals surface area contributed by atoms with E-state index < -0.39 is 15.8 Å². The fourth-order valence-corrected chi connectivity index (χ4v) is 4.14. The first-order valence-corrected chi connectivity index (χ1v) is 10.2. The third-order valence-corrected chi connectivity index (χ3v) is 5.88. The zero-order valence-corrected chi connectivity index (χ0v) is 15.9. The monoisotopic (exact) mass is 390 g/mol. The third-order valence-electron chi connectivity index (χ3n) is 4.73. The van der Waals surface area contributed by atoms with Crippen molar-refractivity contribution in [2.45, 2.75) is 55.8 Å². The molecule has 3 rings (SSSR count). The van der Waals surface area contributed by atoms with Crippen molar-refractivity contribution in [1.29, 1.82) is 0 Å². The highest BCUT2D eigenvalue weighted by Crippen LogP contribution is 2.43. The van der Waals surface area contributed by atoms with Gasteiger partial charge in [0.05, 0.1) is 25.0 Å². The number of sulfonamides is 1. The van der Waals surface area contributed by atoms with Gasteiger partial charge in [-0.05, 0) is 51.5 Å². The minimum Gasteiger partial charge on any atom is -0.476 e. The summed E-state index contributed by atoms with van der Waals surface area (Å²) in [4.78, 5) is 3.83. The Hall–Kier alpha value is -0.930. The van der Waals surface area contributed by atoms with Crippen molar-refractivity contribution in [2.75, 3.05) is 13.2 Å². The zero-order valence-electron chi connectivity index (χ0n) is 14.3. The predicted molar refractivity (Wildman–Crippen MR) is 91.9 cm³/mol. The molecule has 1 spiro atoms. The largest absolute Gasteiger partial charge is 0.476 e. The first-order chi connectivity index (χ1) is 11.6. The average molecular weight is 391 g/mol. The summed E-state index contributed by atoms with van der Waals surface area (Å²) in [5.41, 5.74) is -0.174. The Balaban J connectivity index is 1.54. The van der Waals surface area contributed by atoms with E-state index in [9.17, 15) is 8.42 Å². The van der Waals surface area contributed by atoms with Gasteiger partial charge in [0.2, 0.25) is 15.9 Å². The van der Waals surface area contributed by atoms with Crippen LogP contribution in [-0.4, -0.2) is 38.0 Å². The molecular formula is C16H23ClN2O5S. The SMILES string of the molecule is CC1(C)OC[C@]2(CC[C@@H](COc3ncc(S(N)(=O)=O)cc3Cl)CC2)O1. The van der Waals surface area contributed by atoms with Gasteiger partial charge in [0, 0.05) is 0 Å². The van der Waals surface area contributed by atoms with Crippen LogP contribution in [0.4, 0.5) is 0 Å². The molecule has 0 amide bonds. The van der Waals surface area contributed by atoms with Crippen LogP contribution in [0.1, 0.15) is 39.5 Å². The van der Waals surface area contributed by atoms with Crippen molar-refractivity contribution in [1.82, 2.24) is 4.98 Å². The summed E-state index contributed by atoms with van der Waals surface area (Å²) in [5, 5.41) is 5.19. The highest BCUT2D eigenvalue weighted by Gasteiger charge is 2.47. The highest BCUT2D eigenvalue weighted by molar-refractivity contribution is 7.89. The van der Waals surface area contributed by atoms with Crippen LogP contribution >= 0.6 is 11.6 Å². The van der Waals surface area contributed by atoms with E-state index in [1.54, 1.807) is 0 Å². The molecule has 2 N–H and O–H groups in total. The number of nitrogens with zero attached hydrogens (tertiary/aromatic N) is 1. The van der Waals surface area contributed by atoms with E-state index in [2.05, 4.69) is 4.98 Å². The molecule has 1 aliphatic heterocycles. The molecule has 2 aliphatic rings. The van der Waals surface area contributed by atoms with E-state index >= 15 is 0 Å². The van der Waals surface area contributed by atoms with E-state index in [0.29, 0.717) is 19.1 Å². The molecule has 140 valence electrons. The smallest absolute Gasteiger partial charge is 0.239 e. The molecule has 2 fully saturated rings. The second-order valence-electron chi connectivity index (χ2n) is 7.23. The lowest BCUT2D eigenvalue weighted by Gasteiger charge is -2.36. The standard InChI is InChI=1S/C16H23ClN2O5S/c1-15(2)23-10-16(24-15)5-3-11(4-6-16)9-22-14-13(17)7-12(8-19-14)25(18,20)21/h7-8,11H,3-6,9-10H2,1-2H3,(H2,18,20,21)/t11-,16-. The van der Waals surface area contributed by atoms with Gasteiger partial charge < -0.3 is 14.2 Å². The predicted octanol–water partition coefficient (Wildman–Crippen LogP) is 2.47. The van der Waals surface area contributed by atoms with Gasteiger partial charge in [-0.3, -0.25) is 0 Å². The van der Waals surface area contributed by atoms with Crippen LogP contribution in [-0.2, 0) is 19.5 Å². The maximum Gasteiger partial charge on any atom is 0.239 e. The maximum atomic E-state index is 11.3.